The Morgan fingerprint density at radius 1 is 1.05 bits per heavy atom. The van der Waals surface area contributed by atoms with Crippen LogP contribution in [0.25, 0.3) is 0 Å². The Hall–Kier alpha value is -0.406. The summed E-state index contributed by atoms with van der Waals surface area (Å²) in [4.78, 5) is 0. The zero-order chi connectivity index (χ0) is 13.2. The van der Waals surface area contributed by atoms with E-state index >= 15 is 0 Å². The van der Waals surface area contributed by atoms with E-state index in [-0.39, 0.29) is 42.4 Å². The third-order valence-corrected chi connectivity index (χ3v) is 1.69. The van der Waals surface area contributed by atoms with Crippen LogP contribution in [0.15, 0.2) is 43.5 Å². The van der Waals surface area contributed by atoms with Crippen molar-refractivity contribution >= 4 is 0 Å². The smallest absolute Gasteiger partial charge is 0.854 e. The summed E-state index contributed by atoms with van der Waals surface area (Å²) in [6.45, 7) is 6.99. The second kappa shape index (κ2) is 30.5. The number of hydrogen-bond acceptors (Lipinski definition) is 2. The topological polar surface area (TPSA) is 46.1 Å². The maximum Gasteiger partial charge on any atom is 4.00 e. The van der Waals surface area contributed by atoms with Crippen LogP contribution in [0.2, 0.25) is 0 Å². The van der Waals surface area contributed by atoms with Gasteiger partial charge in [0.2, 0.25) is 0 Å². The first-order chi connectivity index (χ1) is 8.33. The van der Waals surface area contributed by atoms with Gasteiger partial charge in [-0.1, -0.05) is 25.0 Å². The van der Waals surface area contributed by atoms with Crippen molar-refractivity contribution in [3.63, 3.8) is 0 Å². The van der Waals surface area contributed by atoms with Gasteiger partial charge >= 0.3 is 21.7 Å². The maximum absolute atomic E-state index is 9.64. The number of hydrogen-bond donors (Lipinski definition) is 0. The molecule has 0 fully saturated rings. The van der Waals surface area contributed by atoms with E-state index in [0.717, 1.165) is 32.1 Å². The molecule has 0 bridgehead atoms. The van der Waals surface area contributed by atoms with Crippen LogP contribution in [0.4, 0.5) is 0 Å². The molecule has 0 radical (unpaired) electrons. The fourth-order valence-electron chi connectivity index (χ4n) is 0.796. The monoisotopic (exact) mass is 298 g/mol. The van der Waals surface area contributed by atoms with Crippen LogP contribution < -0.4 is 10.2 Å². The fraction of sp³-hybridized carbons (Fsp3) is 0.438. The standard InChI is InChI=1S/2C5H9O.C5H5.CH3.Ti/c2*1-2-3-4-5-6;1-2-4-5-3-1;;/h2*2H,1,3-5H2;1-3H,4H2;1H3;/q4*-1;+4. The van der Waals surface area contributed by atoms with E-state index in [1.807, 2.05) is 12.2 Å². The Morgan fingerprint density at radius 3 is 1.63 bits per heavy atom. The van der Waals surface area contributed by atoms with E-state index in [0.29, 0.717) is 0 Å². The molecule has 0 N–H and O–H groups in total. The van der Waals surface area contributed by atoms with Crippen LogP contribution in [-0.2, 0) is 21.7 Å². The minimum Gasteiger partial charge on any atom is -0.854 e. The summed E-state index contributed by atoms with van der Waals surface area (Å²) >= 11 is 0. The van der Waals surface area contributed by atoms with Crippen molar-refractivity contribution in [1.82, 2.24) is 0 Å². The van der Waals surface area contributed by atoms with Crippen LogP contribution in [0.1, 0.15) is 32.1 Å². The summed E-state index contributed by atoms with van der Waals surface area (Å²) < 4.78 is 0. The molecule has 0 spiro atoms. The van der Waals surface area contributed by atoms with E-state index in [1.54, 1.807) is 12.2 Å². The zero-order valence-electron chi connectivity index (χ0n) is 12.1. The van der Waals surface area contributed by atoms with Crippen molar-refractivity contribution in [1.29, 1.82) is 0 Å². The van der Waals surface area contributed by atoms with Crippen LogP contribution in [-0.4, -0.2) is 13.2 Å². The van der Waals surface area contributed by atoms with Gasteiger partial charge in [0.05, 0.1) is 0 Å². The molecule has 0 aromatic rings. The van der Waals surface area contributed by atoms with Gasteiger partial charge in [0.15, 0.2) is 0 Å². The van der Waals surface area contributed by atoms with Crippen molar-refractivity contribution < 1.29 is 31.9 Å². The van der Waals surface area contributed by atoms with Crippen molar-refractivity contribution in [2.45, 2.75) is 32.1 Å². The molecular weight excluding hydrogens is 272 g/mol. The van der Waals surface area contributed by atoms with E-state index in [1.165, 1.54) is 0 Å². The Labute approximate surface area is 134 Å². The first-order valence-corrected chi connectivity index (χ1v) is 5.93. The molecule has 0 saturated carbocycles. The number of allylic oxidation sites excluding steroid dienone is 6. The van der Waals surface area contributed by atoms with E-state index in [4.69, 9.17) is 0 Å². The van der Waals surface area contributed by atoms with Gasteiger partial charge in [-0.2, -0.15) is 6.08 Å². The number of rotatable bonds is 6. The molecule has 3 heteroatoms. The predicted octanol–water partition coefficient (Wildman–Crippen LogP) is 2.38. The fourth-order valence-corrected chi connectivity index (χ4v) is 0.796. The molecule has 0 aromatic heterocycles. The molecule has 19 heavy (non-hydrogen) atoms. The van der Waals surface area contributed by atoms with E-state index < -0.39 is 0 Å². The minimum atomic E-state index is 0. The summed E-state index contributed by atoms with van der Waals surface area (Å²) in [5.74, 6) is 0. The molecule has 1 rings (SSSR count). The second-order valence-electron chi connectivity index (χ2n) is 3.27. The quantitative estimate of drug-likeness (QED) is 0.327. The maximum atomic E-state index is 9.64. The van der Waals surface area contributed by atoms with Crippen LogP contribution in [0, 0.1) is 13.5 Å². The SMILES string of the molecule is C=CCCC[O-].C=CCCC[O-].[C-]1=CC=CC1.[CH3-].[Ti+4]. The van der Waals surface area contributed by atoms with Crippen molar-refractivity contribution in [3.05, 3.63) is 57.0 Å². The molecule has 0 aromatic carbocycles. The Kier molecular flexibility index (Phi) is 43.4. The summed E-state index contributed by atoms with van der Waals surface area (Å²) in [5.41, 5.74) is 0. The zero-order valence-corrected chi connectivity index (χ0v) is 13.6. The van der Waals surface area contributed by atoms with Gasteiger partial charge in [-0.05, 0) is 12.8 Å². The summed E-state index contributed by atoms with van der Waals surface area (Å²) in [7, 11) is 0. The Balaban J connectivity index is -0.0000000845. The molecule has 0 atom stereocenters. The van der Waals surface area contributed by atoms with Gasteiger partial charge in [-0.15, -0.1) is 32.8 Å². The van der Waals surface area contributed by atoms with Gasteiger partial charge in [0, 0.05) is 0 Å². The van der Waals surface area contributed by atoms with Crippen molar-refractivity contribution in [2.24, 2.45) is 0 Å². The van der Waals surface area contributed by atoms with Gasteiger partial charge in [-0.25, -0.2) is 12.2 Å². The molecule has 0 amide bonds. The summed E-state index contributed by atoms with van der Waals surface area (Å²) in [6.07, 6.45) is 16.7. The molecular formula is C16H26O2Ti. The first kappa shape index (κ1) is 27.0. The third kappa shape index (κ3) is 38.1. The largest absolute Gasteiger partial charge is 4.00 e. The molecule has 1 aliphatic rings. The molecule has 0 heterocycles. The first-order valence-electron chi connectivity index (χ1n) is 5.93. The van der Waals surface area contributed by atoms with Crippen molar-refractivity contribution in [3.8, 4) is 0 Å². The molecule has 1 aliphatic carbocycles. The van der Waals surface area contributed by atoms with Gasteiger partial charge < -0.3 is 17.6 Å². The van der Waals surface area contributed by atoms with Gasteiger partial charge in [0.25, 0.3) is 0 Å². The summed E-state index contributed by atoms with van der Waals surface area (Å²) in [6, 6.07) is 0. The van der Waals surface area contributed by atoms with Crippen LogP contribution >= 0.6 is 0 Å². The molecule has 106 valence electrons. The molecule has 0 saturated heterocycles. The molecule has 0 unspecified atom stereocenters. The minimum absolute atomic E-state index is 0. The number of unbranched alkanes of at least 4 members (excludes halogenated alkanes) is 2. The van der Waals surface area contributed by atoms with Gasteiger partial charge in [0.1, 0.15) is 0 Å². The normalized spacial score (nSPS) is 9.79. The van der Waals surface area contributed by atoms with Crippen LogP contribution in [0.3, 0.4) is 0 Å². The van der Waals surface area contributed by atoms with Crippen molar-refractivity contribution in [2.75, 3.05) is 13.2 Å². The average Bonchev–Trinajstić information content (AvgIpc) is 2.93. The predicted molar refractivity (Wildman–Crippen MR) is 76.6 cm³/mol. The Bertz CT molecular complexity index is 189. The van der Waals surface area contributed by atoms with Crippen LogP contribution in [0.5, 0.6) is 0 Å². The van der Waals surface area contributed by atoms with E-state index in [9.17, 15) is 10.2 Å². The van der Waals surface area contributed by atoms with E-state index in [2.05, 4.69) is 25.3 Å². The second-order valence-corrected chi connectivity index (χ2v) is 3.27. The average molecular weight is 298 g/mol. The Morgan fingerprint density at radius 2 is 1.53 bits per heavy atom. The molecule has 0 aliphatic heterocycles. The van der Waals surface area contributed by atoms with Gasteiger partial charge in [-0.3, -0.25) is 6.08 Å². The third-order valence-electron chi connectivity index (χ3n) is 1.69. The summed E-state index contributed by atoms with van der Waals surface area (Å²) in [5, 5.41) is 19.3. The molecule has 2 nitrogen and oxygen atoms in total.